The van der Waals surface area contributed by atoms with E-state index in [0.717, 1.165) is 18.4 Å². The van der Waals surface area contributed by atoms with Crippen LogP contribution >= 0.6 is 0 Å². The number of benzene rings is 2. The zero-order valence-electron chi connectivity index (χ0n) is 17.5. The van der Waals surface area contributed by atoms with E-state index in [1.165, 1.54) is 21.5 Å². The summed E-state index contributed by atoms with van der Waals surface area (Å²) in [7, 11) is -3.64. The fourth-order valence-electron chi connectivity index (χ4n) is 4.22. The predicted molar refractivity (Wildman–Crippen MR) is 115 cm³/mol. The van der Waals surface area contributed by atoms with E-state index in [0.29, 0.717) is 38.4 Å². The average Bonchev–Trinajstić information content (AvgIpc) is 3.26. The number of ether oxygens (including phenoxy) is 1. The largest absolute Gasteiger partial charge is 0.379 e. The summed E-state index contributed by atoms with van der Waals surface area (Å²) < 4.78 is 32.7. The Labute approximate surface area is 178 Å². The minimum absolute atomic E-state index is 0.0244. The molecule has 1 amide bonds. The summed E-state index contributed by atoms with van der Waals surface area (Å²) in [5, 5.41) is 0. The van der Waals surface area contributed by atoms with Crippen molar-refractivity contribution in [3.63, 3.8) is 0 Å². The molecule has 2 aliphatic rings. The quantitative estimate of drug-likeness (QED) is 0.749. The van der Waals surface area contributed by atoms with Crippen LogP contribution in [0.3, 0.4) is 0 Å². The van der Waals surface area contributed by atoms with Gasteiger partial charge in [-0.2, -0.15) is 4.31 Å². The van der Waals surface area contributed by atoms with E-state index in [1.54, 1.807) is 18.2 Å². The van der Waals surface area contributed by atoms with Gasteiger partial charge in [0.2, 0.25) is 10.0 Å². The van der Waals surface area contributed by atoms with Crippen LogP contribution in [-0.4, -0.2) is 56.4 Å². The standard InChI is InChI=1S/C23H28N2O4S/c1-17-8-9-19(15-18(17)2)22-7-4-10-25(22)23(26)20-5-3-6-21(16-20)30(27,28)24-11-13-29-14-12-24/h3,5-6,8-9,15-16,22H,4,7,10-14H2,1-2H3. The highest BCUT2D eigenvalue weighted by Gasteiger charge is 2.32. The van der Waals surface area contributed by atoms with Crippen LogP contribution in [0.25, 0.3) is 0 Å². The van der Waals surface area contributed by atoms with E-state index in [4.69, 9.17) is 4.74 Å². The molecule has 0 bridgehead atoms. The van der Waals surface area contributed by atoms with Crippen LogP contribution < -0.4 is 0 Å². The van der Waals surface area contributed by atoms with Gasteiger partial charge in [-0.05, 0) is 61.6 Å². The van der Waals surface area contributed by atoms with Gasteiger partial charge in [-0.15, -0.1) is 0 Å². The molecule has 2 aromatic rings. The van der Waals surface area contributed by atoms with E-state index >= 15 is 0 Å². The van der Waals surface area contributed by atoms with Gasteiger partial charge in [0.15, 0.2) is 0 Å². The Morgan fingerprint density at radius 1 is 1.00 bits per heavy atom. The van der Waals surface area contributed by atoms with Crippen molar-refractivity contribution in [1.82, 2.24) is 9.21 Å². The first-order valence-electron chi connectivity index (χ1n) is 10.4. The molecular weight excluding hydrogens is 400 g/mol. The lowest BCUT2D eigenvalue weighted by molar-refractivity contribution is 0.0727. The molecule has 2 heterocycles. The third-order valence-electron chi connectivity index (χ3n) is 6.12. The number of carbonyl (C=O) groups is 1. The number of sulfonamides is 1. The van der Waals surface area contributed by atoms with Crippen molar-refractivity contribution in [2.24, 2.45) is 0 Å². The summed E-state index contributed by atoms with van der Waals surface area (Å²) in [6.07, 6.45) is 1.86. The Morgan fingerprint density at radius 2 is 1.77 bits per heavy atom. The van der Waals surface area contributed by atoms with Crippen LogP contribution in [0.4, 0.5) is 0 Å². The van der Waals surface area contributed by atoms with Crippen molar-refractivity contribution in [3.8, 4) is 0 Å². The molecule has 1 atom stereocenters. The molecule has 1 unspecified atom stereocenters. The molecule has 0 spiro atoms. The van der Waals surface area contributed by atoms with Crippen LogP contribution in [0, 0.1) is 13.8 Å². The zero-order chi connectivity index (χ0) is 21.3. The molecule has 2 saturated heterocycles. The van der Waals surface area contributed by atoms with Crippen molar-refractivity contribution in [1.29, 1.82) is 0 Å². The Kier molecular flexibility index (Phi) is 5.95. The van der Waals surface area contributed by atoms with Gasteiger partial charge in [-0.3, -0.25) is 4.79 Å². The van der Waals surface area contributed by atoms with Crippen molar-refractivity contribution in [3.05, 3.63) is 64.7 Å². The molecule has 30 heavy (non-hydrogen) atoms. The topological polar surface area (TPSA) is 66.9 Å². The van der Waals surface area contributed by atoms with Gasteiger partial charge in [0.05, 0.1) is 24.2 Å². The molecule has 7 heteroatoms. The van der Waals surface area contributed by atoms with E-state index in [9.17, 15) is 13.2 Å². The second-order valence-corrected chi connectivity index (χ2v) is 9.98. The first-order chi connectivity index (χ1) is 14.4. The fraction of sp³-hybridized carbons (Fsp3) is 0.435. The summed E-state index contributed by atoms with van der Waals surface area (Å²) in [5.74, 6) is -0.116. The smallest absolute Gasteiger partial charge is 0.254 e. The number of morpholine rings is 1. The van der Waals surface area contributed by atoms with Crippen LogP contribution in [0.5, 0.6) is 0 Å². The van der Waals surface area contributed by atoms with Crippen molar-refractivity contribution in [2.75, 3.05) is 32.8 Å². The molecule has 160 valence electrons. The van der Waals surface area contributed by atoms with Crippen molar-refractivity contribution >= 4 is 15.9 Å². The van der Waals surface area contributed by atoms with Gasteiger partial charge in [0.1, 0.15) is 0 Å². The SMILES string of the molecule is Cc1ccc(C2CCCN2C(=O)c2cccc(S(=O)(=O)N3CCOCC3)c2)cc1C. The first kappa shape index (κ1) is 21.0. The number of nitrogens with zero attached hydrogens (tertiary/aromatic N) is 2. The molecule has 2 aliphatic heterocycles. The summed E-state index contributed by atoms with van der Waals surface area (Å²) in [6, 6.07) is 12.8. The minimum atomic E-state index is -3.64. The van der Waals surface area contributed by atoms with Gasteiger partial charge in [0.25, 0.3) is 5.91 Å². The van der Waals surface area contributed by atoms with Crippen LogP contribution in [0.2, 0.25) is 0 Å². The predicted octanol–water partition coefficient (Wildman–Crippen LogP) is 3.30. The third kappa shape index (κ3) is 4.02. The van der Waals surface area contributed by atoms with Crippen LogP contribution in [-0.2, 0) is 14.8 Å². The van der Waals surface area contributed by atoms with Crippen molar-refractivity contribution < 1.29 is 17.9 Å². The minimum Gasteiger partial charge on any atom is -0.379 e. The number of amides is 1. The highest BCUT2D eigenvalue weighted by Crippen LogP contribution is 2.34. The van der Waals surface area contributed by atoms with Gasteiger partial charge in [-0.25, -0.2) is 8.42 Å². The molecule has 0 saturated carbocycles. The zero-order valence-corrected chi connectivity index (χ0v) is 18.3. The number of rotatable bonds is 4. The maximum absolute atomic E-state index is 13.3. The van der Waals surface area contributed by atoms with Crippen molar-refractivity contribution in [2.45, 2.75) is 37.6 Å². The summed E-state index contributed by atoms with van der Waals surface area (Å²) in [4.78, 5) is 15.4. The maximum atomic E-state index is 13.3. The maximum Gasteiger partial charge on any atom is 0.254 e. The van der Waals surface area contributed by atoms with Crippen LogP contribution in [0.1, 0.15) is 45.9 Å². The molecule has 2 aromatic carbocycles. The van der Waals surface area contributed by atoms with Gasteiger partial charge in [-0.1, -0.05) is 24.3 Å². The molecule has 2 fully saturated rings. The number of hydrogen-bond acceptors (Lipinski definition) is 4. The molecule has 4 rings (SSSR count). The summed E-state index contributed by atoms with van der Waals surface area (Å²) >= 11 is 0. The highest BCUT2D eigenvalue weighted by molar-refractivity contribution is 7.89. The number of hydrogen-bond donors (Lipinski definition) is 0. The first-order valence-corrected chi connectivity index (χ1v) is 11.9. The fourth-order valence-corrected chi connectivity index (χ4v) is 5.67. The molecule has 0 N–H and O–H groups in total. The monoisotopic (exact) mass is 428 g/mol. The lowest BCUT2D eigenvalue weighted by Crippen LogP contribution is -2.40. The van der Waals surface area contributed by atoms with Crippen LogP contribution in [0.15, 0.2) is 47.4 Å². The summed E-state index contributed by atoms with van der Waals surface area (Å²) in [6.45, 7) is 6.30. The summed E-state index contributed by atoms with van der Waals surface area (Å²) in [5.41, 5.74) is 4.00. The molecule has 0 radical (unpaired) electrons. The lowest BCUT2D eigenvalue weighted by Gasteiger charge is -2.27. The normalized spacial score (nSPS) is 20.5. The Bertz CT molecular complexity index is 1040. The number of carbonyl (C=O) groups excluding carboxylic acids is 1. The number of aryl methyl sites for hydroxylation is 2. The van der Waals surface area contributed by atoms with E-state index in [-0.39, 0.29) is 16.8 Å². The van der Waals surface area contributed by atoms with Gasteiger partial charge >= 0.3 is 0 Å². The van der Waals surface area contributed by atoms with E-state index in [1.807, 2.05) is 4.90 Å². The van der Waals surface area contributed by atoms with Gasteiger partial charge in [0, 0.05) is 25.2 Å². The van der Waals surface area contributed by atoms with E-state index in [2.05, 4.69) is 32.0 Å². The second kappa shape index (κ2) is 8.49. The third-order valence-corrected chi connectivity index (χ3v) is 8.01. The Hall–Kier alpha value is -2.22. The van der Waals surface area contributed by atoms with E-state index < -0.39 is 10.0 Å². The Balaban J connectivity index is 1.60. The molecule has 6 nitrogen and oxygen atoms in total. The highest BCUT2D eigenvalue weighted by atomic mass is 32.2. The average molecular weight is 429 g/mol. The molecule has 0 aliphatic carbocycles. The molecule has 0 aromatic heterocycles. The number of likely N-dealkylation sites (tertiary alicyclic amines) is 1. The molecular formula is C23H28N2O4S. The van der Waals surface area contributed by atoms with Gasteiger partial charge < -0.3 is 9.64 Å². The lowest BCUT2D eigenvalue weighted by atomic mass is 9.99. The second-order valence-electron chi connectivity index (χ2n) is 8.04. The Morgan fingerprint density at radius 3 is 2.50 bits per heavy atom.